The summed E-state index contributed by atoms with van der Waals surface area (Å²) in [7, 11) is 1.66. The molecule has 4 aromatic rings. The Morgan fingerprint density at radius 2 is 1.72 bits per heavy atom. The average Bonchev–Trinajstić information content (AvgIpc) is 2.75. The highest BCUT2D eigenvalue weighted by molar-refractivity contribution is 6.31. The number of fused-ring (bicyclic) bond motifs is 1. The molecular weight excluding hydrogens is 384 g/mol. The largest absolute Gasteiger partial charge is 0.497 e. The molecule has 0 atom stereocenters. The van der Waals surface area contributed by atoms with E-state index in [2.05, 4.69) is 15.6 Å². The van der Waals surface area contributed by atoms with E-state index in [4.69, 9.17) is 21.3 Å². The van der Waals surface area contributed by atoms with Crippen LogP contribution in [-0.4, -0.2) is 17.1 Å². The molecule has 3 aromatic carbocycles. The third kappa shape index (κ3) is 4.25. The lowest BCUT2D eigenvalue weighted by molar-refractivity contribution is 0.414. The van der Waals surface area contributed by atoms with Gasteiger partial charge in [0, 0.05) is 22.6 Å². The molecule has 6 heteroatoms. The lowest BCUT2D eigenvalue weighted by Crippen LogP contribution is -2.06. The molecule has 0 spiro atoms. The summed E-state index contributed by atoms with van der Waals surface area (Å²) in [5.41, 5.74) is 3.84. The van der Waals surface area contributed by atoms with Gasteiger partial charge < -0.3 is 15.4 Å². The first kappa shape index (κ1) is 19.0. The Balaban J connectivity index is 1.64. The molecule has 0 aliphatic rings. The quantitative estimate of drug-likeness (QED) is 0.415. The van der Waals surface area contributed by atoms with Crippen molar-refractivity contribution in [3.63, 3.8) is 0 Å². The molecule has 2 N–H and O–H groups in total. The van der Waals surface area contributed by atoms with Gasteiger partial charge in [0.05, 0.1) is 12.6 Å². The average molecular weight is 405 g/mol. The maximum Gasteiger partial charge on any atom is 0.229 e. The SMILES string of the molecule is COc1ccc(CNc2nc(Nc3cccc(Cl)c3C)nc3ccccc23)cc1. The van der Waals surface area contributed by atoms with E-state index in [1.807, 2.05) is 73.7 Å². The second kappa shape index (κ2) is 8.37. The number of para-hydroxylation sites is 1. The van der Waals surface area contributed by atoms with Crippen LogP contribution in [0.15, 0.2) is 66.7 Å². The zero-order valence-electron chi connectivity index (χ0n) is 16.2. The van der Waals surface area contributed by atoms with Gasteiger partial charge in [0.1, 0.15) is 11.6 Å². The van der Waals surface area contributed by atoms with E-state index in [9.17, 15) is 0 Å². The van der Waals surface area contributed by atoms with Gasteiger partial charge in [-0.1, -0.05) is 41.9 Å². The standard InChI is InChI=1S/C23H21ClN4O/c1-15-19(24)7-5-9-20(15)26-23-27-21-8-4-3-6-18(21)22(28-23)25-14-16-10-12-17(29-2)13-11-16/h3-13H,14H2,1-2H3,(H2,25,26,27,28). The fourth-order valence-electron chi connectivity index (χ4n) is 3.06. The molecule has 0 unspecified atom stereocenters. The molecular formula is C23H21ClN4O. The number of hydrogen-bond donors (Lipinski definition) is 2. The van der Waals surface area contributed by atoms with Gasteiger partial charge in [-0.15, -0.1) is 0 Å². The minimum absolute atomic E-state index is 0.520. The number of ether oxygens (including phenoxy) is 1. The van der Waals surface area contributed by atoms with Crippen molar-refractivity contribution in [1.29, 1.82) is 0 Å². The van der Waals surface area contributed by atoms with Crippen molar-refractivity contribution >= 4 is 40.0 Å². The van der Waals surface area contributed by atoms with E-state index < -0.39 is 0 Å². The number of nitrogens with one attached hydrogen (secondary N) is 2. The predicted molar refractivity (Wildman–Crippen MR) is 119 cm³/mol. The first-order chi connectivity index (χ1) is 14.1. The third-order valence-corrected chi connectivity index (χ3v) is 5.15. The monoisotopic (exact) mass is 404 g/mol. The van der Waals surface area contributed by atoms with E-state index in [1.54, 1.807) is 7.11 Å². The van der Waals surface area contributed by atoms with Crippen LogP contribution in [0.2, 0.25) is 5.02 Å². The Labute approximate surface area is 174 Å². The van der Waals surface area contributed by atoms with Gasteiger partial charge in [-0.3, -0.25) is 0 Å². The second-order valence-electron chi connectivity index (χ2n) is 6.65. The number of halogens is 1. The van der Waals surface area contributed by atoms with E-state index >= 15 is 0 Å². The lowest BCUT2D eigenvalue weighted by atomic mass is 10.2. The normalized spacial score (nSPS) is 10.7. The van der Waals surface area contributed by atoms with Crippen LogP contribution in [0.1, 0.15) is 11.1 Å². The molecule has 0 fully saturated rings. The van der Waals surface area contributed by atoms with Crippen LogP contribution in [0.25, 0.3) is 10.9 Å². The Bertz CT molecular complexity index is 1150. The van der Waals surface area contributed by atoms with E-state index in [1.165, 1.54) is 0 Å². The van der Waals surface area contributed by atoms with Gasteiger partial charge in [-0.05, 0) is 54.4 Å². The molecule has 1 aromatic heterocycles. The highest BCUT2D eigenvalue weighted by Gasteiger charge is 2.10. The van der Waals surface area contributed by atoms with E-state index in [0.717, 1.165) is 39.3 Å². The molecule has 0 aliphatic heterocycles. The van der Waals surface area contributed by atoms with Crippen LogP contribution in [-0.2, 0) is 6.54 Å². The third-order valence-electron chi connectivity index (χ3n) is 4.74. The van der Waals surface area contributed by atoms with Crippen molar-refractivity contribution in [3.8, 4) is 5.75 Å². The first-order valence-corrected chi connectivity index (χ1v) is 9.67. The number of hydrogen-bond acceptors (Lipinski definition) is 5. The summed E-state index contributed by atoms with van der Waals surface area (Å²) < 4.78 is 5.22. The molecule has 0 bridgehead atoms. The van der Waals surface area contributed by atoms with Gasteiger partial charge >= 0.3 is 0 Å². The Morgan fingerprint density at radius 1 is 0.931 bits per heavy atom. The topological polar surface area (TPSA) is 59.1 Å². The van der Waals surface area contributed by atoms with Crippen LogP contribution in [0.5, 0.6) is 5.75 Å². The van der Waals surface area contributed by atoms with Crippen molar-refractivity contribution in [3.05, 3.63) is 82.9 Å². The van der Waals surface area contributed by atoms with Crippen molar-refractivity contribution in [1.82, 2.24) is 9.97 Å². The summed E-state index contributed by atoms with van der Waals surface area (Å²) in [5, 5.41) is 8.40. The van der Waals surface area contributed by atoms with Crippen molar-refractivity contribution in [2.45, 2.75) is 13.5 Å². The Kier molecular flexibility index (Phi) is 5.49. The fraction of sp³-hybridized carbons (Fsp3) is 0.130. The minimum atomic E-state index is 0.520. The highest BCUT2D eigenvalue weighted by atomic mass is 35.5. The molecule has 0 saturated carbocycles. The zero-order valence-corrected chi connectivity index (χ0v) is 17.0. The molecule has 4 rings (SSSR count). The number of rotatable bonds is 6. The molecule has 1 heterocycles. The maximum absolute atomic E-state index is 6.24. The minimum Gasteiger partial charge on any atom is -0.497 e. The molecule has 0 radical (unpaired) electrons. The predicted octanol–water partition coefficient (Wildman–Crippen LogP) is 5.96. The number of methoxy groups -OCH3 is 1. The van der Waals surface area contributed by atoms with Crippen LogP contribution < -0.4 is 15.4 Å². The second-order valence-corrected chi connectivity index (χ2v) is 7.06. The molecule has 29 heavy (non-hydrogen) atoms. The number of aromatic nitrogens is 2. The number of benzene rings is 3. The van der Waals surface area contributed by atoms with Crippen molar-refractivity contribution in [2.24, 2.45) is 0 Å². The van der Waals surface area contributed by atoms with Crippen molar-refractivity contribution < 1.29 is 4.74 Å². The highest BCUT2D eigenvalue weighted by Crippen LogP contribution is 2.28. The number of anilines is 3. The van der Waals surface area contributed by atoms with E-state index in [0.29, 0.717) is 17.5 Å². The van der Waals surface area contributed by atoms with Crippen molar-refractivity contribution in [2.75, 3.05) is 17.7 Å². The zero-order chi connectivity index (χ0) is 20.2. The number of nitrogens with zero attached hydrogens (tertiary/aromatic N) is 2. The van der Waals surface area contributed by atoms with Crippen LogP contribution >= 0.6 is 11.6 Å². The van der Waals surface area contributed by atoms with Gasteiger partial charge in [-0.25, -0.2) is 4.98 Å². The molecule has 0 saturated heterocycles. The summed E-state index contributed by atoms with van der Waals surface area (Å²) in [6, 6.07) is 21.6. The molecule has 5 nitrogen and oxygen atoms in total. The van der Waals surface area contributed by atoms with Gasteiger partial charge in [0.2, 0.25) is 5.95 Å². The molecule has 0 amide bonds. The smallest absolute Gasteiger partial charge is 0.229 e. The van der Waals surface area contributed by atoms with Crippen LogP contribution in [0, 0.1) is 6.92 Å². The summed E-state index contributed by atoms with van der Waals surface area (Å²) in [4.78, 5) is 9.37. The van der Waals surface area contributed by atoms with Crippen LogP contribution in [0.3, 0.4) is 0 Å². The van der Waals surface area contributed by atoms with Gasteiger partial charge in [0.15, 0.2) is 0 Å². The first-order valence-electron chi connectivity index (χ1n) is 9.30. The summed E-state index contributed by atoms with van der Waals surface area (Å²) >= 11 is 6.24. The Morgan fingerprint density at radius 3 is 2.52 bits per heavy atom. The summed E-state index contributed by atoms with van der Waals surface area (Å²) in [5.74, 6) is 2.13. The Hall–Kier alpha value is -3.31. The summed E-state index contributed by atoms with van der Waals surface area (Å²) in [6.45, 7) is 2.61. The van der Waals surface area contributed by atoms with E-state index in [-0.39, 0.29) is 0 Å². The van der Waals surface area contributed by atoms with Gasteiger partial charge in [0.25, 0.3) is 0 Å². The molecule has 0 aliphatic carbocycles. The van der Waals surface area contributed by atoms with Crippen LogP contribution in [0.4, 0.5) is 17.5 Å². The fourth-order valence-corrected chi connectivity index (χ4v) is 3.23. The van der Waals surface area contributed by atoms with Gasteiger partial charge in [-0.2, -0.15) is 4.98 Å². The lowest BCUT2D eigenvalue weighted by Gasteiger charge is -2.13. The maximum atomic E-state index is 6.24. The molecule has 146 valence electrons. The summed E-state index contributed by atoms with van der Waals surface area (Å²) in [6.07, 6.45) is 0.